The molecule has 3 aromatic rings. The lowest BCUT2D eigenvalue weighted by atomic mass is 9.91. The Hall–Kier alpha value is -3.39. The largest absolute Gasteiger partial charge is 0.444 e. The molecule has 1 fully saturated rings. The number of benzene rings is 1. The number of halogens is 1. The molecule has 34 heavy (non-hydrogen) atoms. The van der Waals surface area contributed by atoms with Gasteiger partial charge in [0.1, 0.15) is 5.60 Å². The molecular formula is C25H28ClN5O3. The van der Waals surface area contributed by atoms with Crippen LogP contribution in [0.2, 0.25) is 5.02 Å². The topological polar surface area (TPSA) is 89.3 Å². The van der Waals surface area contributed by atoms with E-state index in [1.165, 1.54) is 0 Å². The molecule has 4 rings (SSSR count). The van der Waals surface area contributed by atoms with Crippen LogP contribution in [0.1, 0.15) is 55.6 Å². The van der Waals surface area contributed by atoms with Crippen LogP contribution < -0.4 is 5.32 Å². The number of anilines is 1. The number of nitrogens with one attached hydrogen (secondary N) is 1. The van der Waals surface area contributed by atoms with E-state index in [9.17, 15) is 9.59 Å². The summed E-state index contributed by atoms with van der Waals surface area (Å²) >= 11 is 6.48. The van der Waals surface area contributed by atoms with Crippen LogP contribution in [-0.2, 0) is 4.74 Å². The smallest absolute Gasteiger partial charge is 0.410 e. The molecule has 1 saturated heterocycles. The van der Waals surface area contributed by atoms with E-state index in [0.29, 0.717) is 47.9 Å². The normalized spacial score (nSPS) is 14.6. The maximum absolute atomic E-state index is 13.2. The number of ether oxygens (including phenoxy) is 1. The number of piperidine rings is 1. The molecule has 1 aliphatic rings. The molecule has 0 aliphatic carbocycles. The van der Waals surface area contributed by atoms with Gasteiger partial charge in [0.2, 0.25) is 0 Å². The number of rotatable bonds is 4. The van der Waals surface area contributed by atoms with E-state index in [4.69, 9.17) is 16.3 Å². The number of para-hydroxylation sites is 1. The fourth-order valence-corrected chi connectivity index (χ4v) is 4.25. The monoisotopic (exact) mass is 481 g/mol. The molecule has 0 radical (unpaired) electrons. The van der Waals surface area contributed by atoms with Gasteiger partial charge in [-0.1, -0.05) is 23.7 Å². The average molecular weight is 482 g/mol. The Morgan fingerprint density at radius 1 is 1.09 bits per heavy atom. The predicted molar refractivity (Wildman–Crippen MR) is 131 cm³/mol. The van der Waals surface area contributed by atoms with Gasteiger partial charge in [-0.05, 0) is 57.9 Å². The molecule has 1 aliphatic heterocycles. The zero-order chi connectivity index (χ0) is 24.3. The van der Waals surface area contributed by atoms with Crippen LogP contribution in [0.5, 0.6) is 0 Å². The molecule has 0 atom stereocenters. The van der Waals surface area contributed by atoms with Crippen LogP contribution >= 0.6 is 11.6 Å². The fourth-order valence-electron chi connectivity index (χ4n) is 4.04. The summed E-state index contributed by atoms with van der Waals surface area (Å²) < 4.78 is 7.27. The number of hydrogen-bond donors (Lipinski definition) is 1. The van der Waals surface area contributed by atoms with Gasteiger partial charge < -0.3 is 15.0 Å². The number of likely N-dealkylation sites (tertiary alicyclic amines) is 1. The Balaban J connectivity index is 1.62. The number of nitrogens with zero attached hydrogens (tertiary/aromatic N) is 4. The van der Waals surface area contributed by atoms with Gasteiger partial charge >= 0.3 is 6.09 Å². The van der Waals surface area contributed by atoms with Crippen LogP contribution in [-0.4, -0.2) is 50.4 Å². The molecule has 0 saturated carbocycles. The van der Waals surface area contributed by atoms with Crippen LogP contribution in [0.15, 0.2) is 55.0 Å². The van der Waals surface area contributed by atoms with Crippen LogP contribution in [0, 0.1) is 0 Å². The second-order valence-corrected chi connectivity index (χ2v) is 9.65. The van der Waals surface area contributed by atoms with Gasteiger partial charge in [-0.3, -0.25) is 9.78 Å². The Morgan fingerprint density at radius 3 is 2.47 bits per heavy atom. The van der Waals surface area contributed by atoms with Crippen molar-refractivity contribution >= 4 is 29.3 Å². The summed E-state index contributed by atoms with van der Waals surface area (Å²) in [6, 6.07) is 10.9. The molecule has 8 nitrogen and oxygen atoms in total. The Morgan fingerprint density at radius 2 is 1.82 bits per heavy atom. The standard InChI is InChI=1S/C25H28ClN5O3/c1-25(2,3)34-24(33)30-13-10-17(11-14-30)22-19(23(32)29-18-7-6-12-27-15-18)16-28-31(22)21-9-5-4-8-20(21)26/h4-9,12,15-17H,10-11,13-14H2,1-3H3,(H,29,32). The maximum atomic E-state index is 13.2. The molecule has 0 bridgehead atoms. The van der Waals surface area contributed by atoms with Crippen molar-refractivity contribution in [1.29, 1.82) is 0 Å². The van der Waals surface area contributed by atoms with E-state index in [1.807, 2.05) is 39.0 Å². The fraction of sp³-hybridized carbons (Fsp3) is 0.360. The first-order valence-corrected chi connectivity index (χ1v) is 11.6. The molecule has 1 N–H and O–H groups in total. The second kappa shape index (κ2) is 9.85. The van der Waals surface area contributed by atoms with E-state index in [0.717, 1.165) is 5.69 Å². The number of pyridine rings is 1. The van der Waals surface area contributed by atoms with Gasteiger partial charge in [-0.15, -0.1) is 0 Å². The third kappa shape index (κ3) is 5.39. The highest BCUT2D eigenvalue weighted by molar-refractivity contribution is 6.32. The summed E-state index contributed by atoms with van der Waals surface area (Å²) in [5.74, 6) is -0.261. The van der Waals surface area contributed by atoms with Crippen molar-refractivity contribution in [2.45, 2.75) is 45.1 Å². The summed E-state index contributed by atoms with van der Waals surface area (Å²) in [7, 11) is 0. The first-order valence-electron chi connectivity index (χ1n) is 11.2. The maximum Gasteiger partial charge on any atom is 0.410 e. The molecule has 178 valence electrons. The minimum Gasteiger partial charge on any atom is -0.444 e. The summed E-state index contributed by atoms with van der Waals surface area (Å²) in [5, 5.41) is 7.97. The minimum atomic E-state index is -0.547. The van der Waals surface area contributed by atoms with Gasteiger partial charge in [0.15, 0.2) is 0 Å². The molecule has 0 spiro atoms. The minimum absolute atomic E-state index is 0.00658. The van der Waals surface area contributed by atoms with Crippen molar-refractivity contribution in [2.24, 2.45) is 0 Å². The Kier molecular flexibility index (Phi) is 6.88. The number of hydrogen-bond acceptors (Lipinski definition) is 5. The van der Waals surface area contributed by atoms with Gasteiger partial charge in [0.05, 0.1) is 40.0 Å². The zero-order valence-corrected chi connectivity index (χ0v) is 20.2. The number of carbonyl (C=O) groups is 2. The van der Waals surface area contributed by atoms with Gasteiger partial charge in [0.25, 0.3) is 5.91 Å². The van der Waals surface area contributed by atoms with Gasteiger partial charge in [0, 0.05) is 25.2 Å². The lowest BCUT2D eigenvalue weighted by Crippen LogP contribution is -2.41. The number of aromatic nitrogens is 3. The predicted octanol–water partition coefficient (Wildman–Crippen LogP) is 5.29. The highest BCUT2D eigenvalue weighted by Crippen LogP contribution is 2.34. The molecule has 0 unspecified atom stereocenters. The third-order valence-corrected chi connectivity index (χ3v) is 5.90. The first kappa shape index (κ1) is 23.8. The van der Waals surface area contributed by atoms with Crippen molar-refractivity contribution in [3.63, 3.8) is 0 Å². The molecule has 1 aromatic carbocycles. The summed E-state index contributed by atoms with van der Waals surface area (Å²) in [6.07, 6.45) is 5.83. The van der Waals surface area contributed by atoms with Crippen LogP contribution in [0.3, 0.4) is 0 Å². The summed E-state index contributed by atoms with van der Waals surface area (Å²) in [4.78, 5) is 31.5. The summed E-state index contributed by atoms with van der Waals surface area (Å²) in [6.45, 7) is 6.61. The van der Waals surface area contributed by atoms with Crippen molar-refractivity contribution < 1.29 is 14.3 Å². The average Bonchev–Trinajstić information content (AvgIpc) is 3.24. The molecule has 2 amide bonds. The van der Waals surface area contributed by atoms with Crippen LogP contribution in [0.25, 0.3) is 5.69 Å². The van der Waals surface area contributed by atoms with E-state index in [1.54, 1.807) is 46.4 Å². The summed E-state index contributed by atoms with van der Waals surface area (Å²) in [5.41, 5.74) is 2.00. The van der Waals surface area contributed by atoms with Crippen LogP contribution in [0.4, 0.5) is 10.5 Å². The van der Waals surface area contributed by atoms with Gasteiger partial charge in [-0.2, -0.15) is 5.10 Å². The second-order valence-electron chi connectivity index (χ2n) is 9.24. The van der Waals surface area contributed by atoms with E-state index in [-0.39, 0.29) is 17.9 Å². The van der Waals surface area contributed by atoms with Crippen molar-refractivity contribution in [3.8, 4) is 5.69 Å². The Bertz CT molecular complexity index is 1160. The third-order valence-electron chi connectivity index (χ3n) is 5.58. The first-order chi connectivity index (χ1) is 16.2. The molecule has 2 aromatic heterocycles. The molecule has 9 heteroatoms. The van der Waals surface area contributed by atoms with E-state index < -0.39 is 5.60 Å². The molecular weight excluding hydrogens is 454 g/mol. The van der Waals surface area contributed by atoms with Gasteiger partial charge in [-0.25, -0.2) is 9.48 Å². The molecule has 3 heterocycles. The lowest BCUT2D eigenvalue weighted by molar-refractivity contribution is 0.0203. The highest BCUT2D eigenvalue weighted by atomic mass is 35.5. The van der Waals surface area contributed by atoms with Crippen molar-refractivity contribution in [3.05, 3.63) is 71.3 Å². The Labute approximate surface area is 203 Å². The van der Waals surface area contributed by atoms with E-state index in [2.05, 4.69) is 15.4 Å². The number of amides is 2. The van der Waals surface area contributed by atoms with Crippen molar-refractivity contribution in [2.75, 3.05) is 18.4 Å². The SMILES string of the molecule is CC(C)(C)OC(=O)N1CCC(c2c(C(=O)Nc3cccnc3)cnn2-c2ccccc2Cl)CC1. The number of carbonyl (C=O) groups excluding carboxylic acids is 2. The quantitative estimate of drug-likeness (QED) is 0.547. The van der Waals surface area contributed by atoms with E-state index >= 15 is 0 Å². The highest BCUT2D eigenvalue weighted by Gasteiger charge is 2.32. The van der Waals surface area contributed by atoms with Crippen molar-refractivity contribution in [1.82, 2.24) is 19.7 Å². The lowest BCUT2D eigenvalue weighted by Gasteiger charge is -2.34. The zero-order valence-electron chi connectivity index (χ0n) is 19.5.